The molecule has 0 aliphatic carbocycles. The van der Waals surface area contributed by atoms with E-state index in [0.29, 0.717) is 19.3 Å². The molecule has 0 amide bonds. The van der Waals surface area contributed by atoms with Crippen molar-refractivity contribution in [3.8, 4) is 0 Å². The Bertz CT molecular complexity index is 1580. The molecular formula is C55H88O15. The molecule has 398 valence electrons. The lowest BCUT2D eigenvalue weighted by Gasteiger charge is -2.42. The predicted octanol–water partition coefficient (Wildman–Crippen LogP) is 7.37. The van der Waals surface area contributed by atoms with E-state index in [1.54, 1.807) is 0 Å². The number of ether oxygens (including phenoxy) is 6. The number of rotatable bonds is 38. The average molecular weight is 989 g/mol. The van der Waals surface area contributed by atoms with Gasteiger partial charge in [-0.25, -0.2) is 0 Å². The number of hydrogen-bond donors (Lipinski definition) is 7. The number of esters is 2. The van der Waals surface area contributed by atoms with Crippen molar-refractivity contribution in [2.24, 2.45) is 0 Å². The van der Waals surface area contributed by atoms with Crippen LogP contribution in [0.25, 0.3) is 0 Å². The van der Waals surface area contributed by atoms with E-state index >= 15 is 0 Å². The molecule has 2 heterocycles. The second-order valence-corrected chi connectivity index (χ2v) is 17.6. The summed E-state index contributed by atoms with van der Waals surface area (Å²) in [5, 5.41) is 72.1. The number of carbonyl (C=O) groups excluding carboxylic acids is 2. The highest BCUT2D eigenvalue weighted by Gasteiger charge is 2.47. The van der Waals surface area contributed by atoms with Crippen LogP contribution in [0.1, 0.15) is 142 Å². The van der Waals surface area contributed by atoms with Crippen LogP contribution in [-0.4, -0.2) is 142 Å². The zero-order valence-corrected chi connectivity index (χ0v) is 42.0. The molecule has 0 bridgehead atoms. The Morgan fingerprint density at radius 3 is 1.47 bits per heavy atom. The van der Waals surface area contributed by atoms with E-state index in [9.17, 15) is 45.3 Å². The van der Waals surface area contributed by atoms with Crippen LogP contribution in [0.3, 0.4) is 0 Å². The van der Waals surface area contributed by atoms with E-state index in [4.69, 9.17) is 28.4 Å². The van der Waals surface area contributed by atoms with Crippen LogP contribution in [0.2, 0.25) is 0 Å². The number of hydrogen-bond acceptors (Lipinski definition) is 15. The second kappa shape index (κ2) is 41.0. The lowest BCUT2D eigenvalue weighted by Crippen LogP contribution is -2.61. The third-order valence-electron chi connectivity index (χ3n) is 11.6. The van der Waals surface area contributed by atoms with Crippen molar-refractivity contribution in [3.63, 3.8) is 0 Å². The van der Waals surface area contributed by atoms with Crippen molar-refractivity contribution in [3.05, 3.63) is 97.2 Å². The van der Waals surface area contributed by atoms with Gasteiger partial charge in [0.25, 0.3) is 0 Å². The van der Waals surface area contributed by atoms with Gasteiger partial charge in [-0.05, 0) is 83.5 Å². The topological polar surface area (TPSA) is 231 Å². The van der Waals surface area contributed by atoms with E-state index in [1.807, 2.05) is 18.2 Å². The molecule has 11 atom stereocenters. The lowest BCUT2D eigenvalue weighted by atomic mass is 9.98. The number of aliphatic hydroxyl groups is 7. The summed E-state index contributed by atoms with van der Waals surface area (Å²) in [5.41, 5.74) is 0. The van der Waals surface area contributed by atoms with Gasteiger partial charge in [-0.1, -0.05) is 143 Å². The van der Waals surface area contributed by atoms with E-state index < -0.39 is 99.3 Å². The van der Waals surface area contributed by atoms with Gasteiger partial charge in [-0.2, -0.15) is 0 Å². The van der Waals surface area contributed by atoms with Gasteiger partial charge in [-0.15, -0.1) is 0 Å². The molecule has 4 unspecified atom stereocenters. The van der Waals surface area contributed by atoms with Crippen molar-refractivity contribution in [1.82, 2.24) is 0 Å². The van der Waals surface area contributed by atoms with Crippen molar-refractivity contribution in [2.75, 3.05) is 26.4 Å². The standard InChI is InChI=1S/C55H88O15/c1-3-5-7-9-11-13-15-17-19-20-21-22-24-26-28-30-32-34-36-38-47(58)68-43(40-65-46(57)37-35-33-31-29-27-25-23-18-16-14-12-10-8-6-4-2)41-66-54-53(64)51(62)49(60)45(70-54)42-67-55-52(63)50(61)48(59)44(39-56)69-55/h5,7,11,13,17-19,21-23,26-29,32,34,43-45,48-56,59-64H,3-4,6,8-10,12,14-16,20,24-25,30-31,33,35-42H2,1-2H3/b7-5+,13-11+,19-17+,22-21+,23-18+,28-26+,29-27+,34-32+/t43-,44+,45+,48-,49-,50?,51?,52?,53?,54+,55+/m1/s1. The van der Waals surface area contributed by atoms with Crippen molar-refractivity contribution in [1.29, 1.82) is 0 Å². The Kier molecular flexibility index (Phi) is 36.6. The maximum Gasteiger partial charge on any atom is 0.306 e. The molecule has 2 aliphatic heterocycles. The van der Waals surface area contributed by atoms with Crippen molar-refractivity contribution >= 4 is 11.9 Å². The Balaban J connectivity index is 1.87. The van der Waals surface area contributed by atoms with Crippen LogP contribution in [0.15, 0.2) is 97.2 Å². The third kappa shape index (κ3) is 28.5. The molecule has 2 fully saturated rings. The van der Waals surface area contributed by atoms with Gasteiger partial charge in [0.1, 0.15) is 55.4 Å². The van der Waals surface area contributed by atoms with E-state index in [1.165, 1.54) is 38.5 Å². The van der Waals surface area contributed by atoms with Crippen molar-refractivity contribution in [2.45, 2.75) is 210 Å². The van der Waals surface area contributed by atoms with Gasteiger partial charge in [-0.3, -0.25) is 9.59 Å². The Morgan fingerprint density at radius 1 is 0.471 bits per heavy atom. The fourth-order valence-electron chi connectivity index (χ4n) is 7.33. The number of carbonyl (C=O) groups is 2. The number of aliphatic hydroxyl groups excluding tert-OH is 7. The molecule has 0 aromatic heterocycles. The highest BCUT2D eigenvalue weighted by atomic mass is 16.7. The maximum absolute atomic E-state index is 13.0. The first-order valence-corrected chi connectivity index (χ1v) is 25.8. The van der Waals surface area contributed by atoms with E-state index in [0.717, 1.165) is 57.8 Å². The molecule has 0 aromatic carbocycles. The van der Waals surface area contributed by atoms with Crippen LogP contribution in [0, 0.1) is 0 Å². The summed E-state index contributed by atoms with van der Waals surface area (Å²) in [7, 11) is 0. The first-order chi connectivity index (χ1) is 34.0. The fourth-order valence-corrected chi connectivity index (χ4v) is 7.33. The fraction of sp³-hybridized carbons (Fsp3) is 0.673. The molecule has 15 heteroatoms. The van der Waals surface area contributed by atoms with Crippen LogP contribution in [0.4, 0.5) is 0 Å². The minimum absolute atomic E-state index is 0.0277. The maximum atomic E-state index is 13.0. The monoisotopic (exact) mass is 989 g/mol. The molecule has 2 rings (SSSR count). The highest BCUT2D eigenvalue weighted by molar-refractivity contribution is 5.70. The van der Waals surface area contributed by atoms with Gasteiger partial charge in [0.15, 0.2) is 18.7 Å². The summed E-state index contributed by atoms with van der Waals surface area (Å²) in [6.07, 6.45) is 34.5. The lowest BCUT2D eigenvalue weighted by molar-refractivity contribution is -0.332. The molecule has 15 nitrogen and oxygen atoms in total. The van der Waals surface area contributed by atoms with Crippen LogP contribution in [-0.2, 0) is 38.0 Å². The summed E-state index contributed by atoms with van der Waals surface area (Å²) in [6, 6.07) is 0. The normalized spacial score (nSPS) is 26.2. The van der Waals surface area contributed by atoms with Gasteiger partial charge < -0.3 is 64.2 Å². The third-order valence-corrected chi connectivity index (χ3v) is 11.6. The largest absolute Gasteiger partial charge is 0.462 e. The minimum atomic E-state index is -1.79. The predicted molar refractivity (Wildman–Crippen MR) is 270 cm³/mol. The Morgan fingerprint density at radius 2 is 0.929 bits per heavy atom. The summed E-state index contributed by atoms with van der Waals surface area (Å²) in [6.45, 7) is 2.33. The number of allylic oxidation sites excluding steroid dienone is 16. The van der Waals surface area contributed by atoms with Gasteiger partial charge in [0, 0.05) is 12.8 Å². The van der Waals surface area contributed by atoms with Gasteiger partial charge >= 0.3 is 11.9 Å². The minimum Gasteiger partial charge on any atom is -0.462 e. The smallest absolute Gasteiger partial charge is 0.306 e. The van der Waals surface area contributed by atoms with E-state index in [2.05, 4.69) is 92.8 Å². The first kappa shape index (κ1) is 62.5. The zero-order valence-electron chi connectivity index (χ0n) is 42.0. The highest BCUT2D eigenvalue weighted by Crippen LogP contribution is 2.26. The van der Waals surface area contributed by atoms with Gasteiger partial charge in [0.05, 0.1) is 19.8 Å². The zero-order chi connectivity index (χ0) is 51.0. The molecule has 0 saturated carbocycles. The molecule has 2 aliphatic rings. The molecular weight excluding hydrogens is 901 g/mol. The first-order valence-electron chi connectivity index (χ1n) is 25.8. The second-order valence-electron chi connectivity index (χ2n) is 17.6. The summed E-state index contributed by atoms with van der Waals surface area (Å²) < 4.78 is 33.4. The molecule has 0 radical (unpaired) electrons. The molecule has 2 saturated heterocycles. The van der Waals surface area contributed by atoms with Gasteiger partial charge in [0.2, 0.25) is 0 Å². The SMILES string of the molecule is CC/C=C/C/C=C/C/C=C/C/C=C/C/C=C/C/C=C/CCC(=O)O[C@H](COC(=O)CCCC/C=C/C/C=C/CCCCCCCC)CO[C@H]1O[C@@H](CO[C@H]2O[C@@H](CO)[C@@H](O)C(O)C2O)[C@@H](O)C(O)C1O. The van der Waals surface area contributed by atoms with Crippen molar-refractivity contribution < 1.29 is 73.8 Å². The molecule has 70 heavy (non-hydrogen) atoms. The number of unbranched alkanes of at least 4 members (excludes halogenated alkanes) is 8. The van der Waals surface area contributed by atoms with Crippen LogP contribution in [0.5, 0.6) is 0 Å². The summed E-state index contributed by atoms with van der Waals surface area (Å²) in [4.78, 5) is 25.7. The summed E-state index contributed by atoms with van der Waals surface area (Å²) >= 11 is 0. The molecule has 0 aromatic rings. The quantitative estimate of drug-likeness (QED) is 0.0182. The summed E-state index contributed by atoms with van der Waals surface area (Å²) in [5.74, 6) is -1.07. The van der Waals surface area contributed by atoms with Crippen LogP contribution < -0.4 is 0 Å². The Labute approximate surface area is 417 Å². The molecule has 0 spiro atoms. The molecule has 7 N–H and O–H groups in total. The van der Waals surface area contributed by atoms with Crippen LogP contribution >= 0.6 is 0 Å². The average Bonchev–Trinajstić information content (AvgIpc) is 3.35. The Hall–Kier alpha value is -3.58. The van der Waals surface area contributed by atoms with E-state index in [-0.39, 0.29) is 19.4 Å².